The summed E-state index contributed by atoms with van der Waals surface area (Å²) in [4.78, 5) is 17.8. The predicted octanol–water partition coefficient (Wildman–Crippen LogP) is 4.60. The smallest absolute Gasteiger partial charge is 0.257 e. The number of hydrogen-bond acceptors (Lipinski definition) is 8. The van der Waals surface area contributed by atoms with Crippen molar-refractivity contribution in [3.63, 3.8) is 0 Å². The van der Waals surface area contributed by atoms with E-state index in [-0.39, 0.29) is 36.4 Å². The van der Waals surface area contributed by atoms with Crippen molar-refractivity contribution in [2.75, 3.05) is 18.4 Å². The molecule has 1 aromatic carbocycles. The van der Waals surface area contributed by atoms with Gasteiger partial charge in [-0.2, -0.15) is 14.8 Å². The van der Waals surface area contributed by atoms with Crippen LogP contribution in [0.1, 0.15) is 23.2 Å². The minimum absolute atomic E-state index is 0.00934. The minimum atomic E-state index is -3.89. The fourth-order valence-corrected chi connectivity index (χ4v) is 5.92. The second-order valence-electron chi connectivity index (χ2n) is 6.34. The van der Waals surface area contributed by atoms with E-state index < -0.39 is 15.9 Å². The molecule has 0 saturated heterocycles. The Hall–Kier alpha value is -2.80. The molecule has 0 aliphatic heterocycles. The lowest BCUT2D eigenvalue weighted by Gasteiger charge is -2.20. The highest BCUT2D eigenvalue weighted by Gasteiger charge is 2.24. The molecule has 32 heavy (non-hydrogen) atoms. The molecule has 0 saturated carbocycles. The molecule has 2 heterocycles. The van der Waals surface area contributed by atoms with Crippen LogP contribution in [0.4, 0.5) is 5.13 Å². The summed E-state index contributed by atoms with van der Waals surface area (Å²) in [6.45, 7) is -0.0187. The van der Waals surface area contributed by atoms with E-state index in [1.165, 1.54) is 46.9 Å². The van der Waals surface area contributed by atoms with Gasteiger partial charge in [-0.05, 0) is 36.4 Å². The van der Waals surface area contributed by atoms with Crippen LogP contribution in [0.2, 0.25) is 4.34 Å². The maximum Gasteiger partial charge on any atom is 0.257 e. The quantitative estimate of drug-likeness (QED) is 0.453. The second kappa shape index (κ2) is 10.7. The molecule has 0 bridgehead atoms. The summed E-state index contributed by atoms with van der Waals surface area (Å²) >= 11 is 8.60. The maximum absolute atomic E-state index is 12.8. The van der Waals surface area contributed by atoms with Crippen molar-refractivity contribution in [1.82, 2.24) is 9.29 Å². The summed E-state index contributed by atoms with van der Waals surface area (Å²) in [5.74, 6) is -0.426. The zero-order chi connectivity index (χ0) is 23.1. The molecule has 1 amide bonds. The number of anilines is 1. The molecule has 3 aromatic rings. The first-order valence-electron chi connectivity index (χ1n) is 9.22. The molecule has 8 nitrogen and oxygen atoms in total. The number of aromatic nitrogens is 1. The van der Waals surface area contributed by atoms with Gasteiger partial charge in [-0.25, -0.2) is 13.4 Å². The van der Waals surface area contributed by atoms with Crippen LogP contribution in [-0.4, -0.2) is 36.7 Å². The molecule has 0 fully saturated rings. The highest BCUT2D eigenvalue weighted by Crippen LogP contribution is 2.33. The normalized spacial score (nSPS) is 11.1. The van der Waals surface area contributed by atoms with E-state index in [4.69, 9.17) is 22.1 Å². The van der Waals surface area contributed by atoms with Crippen LogP contribution in [-0.2, 0) is 10.0 Å². The lowest BCUT2D eigenvalue weighted by Crippen LogP contribution is -2.32. The van der Waals surface area contributed by atoms with Crippen LogP contribution < -0.4 is 5.32 Å². The van der Waals surface area contributed by atoms with Gasteiger partial charge in [-0.3, -0.25) is 10.1 Å². The Morgan fingerprint density at radius 1 is 1.09 bits per heavy atom. The number of nitrogens with zero attached hydrogens (tertiary/aromatic N) is 4. The fraction of sp³-hybridized carbons (Fsp3) is 0.200. The predicted molar refractivity (Wildman–Crippen MR) is 124 cm³/mol. The van der Waals surface area contributed by atoms with Gasteiger partial charge in [0.05, 0.1) is 31.9 Å². The fourth-order valence-electron chi connectivity index (χ4n) is 2.69. The highest BCUT2D eigenvalue weighted by atomic mass is 35.5. The second-order valence-corrected chi connectivity index (χ2v) is 10.9. The molecule has 0 spiro atoms. The number of nitriles is 2. The molecule has 0 aliphatic carbocycles. The van der Waals surface area contributed by atoms with Gasteiger partial charge in [0.25, 0.3) is 5.91 Å². The van der Waals surface area contributed by atoms with Crippen LogP contribution in [0.15, 0.2) is 46.7 Å². The number of sulfonamides is 1. The molecule has 1 N–H and O–H groups in total. The van der Waals surface area contributed by atoms with Gasteiger partial charge in [0.2, 0.25) is 10.0 Å². The summed E-state index contributed by atoms with van der Waals surface area (Å²) in [5.41, 5.74) is 0.971. The van der Waals surface area contributed by atoms with Crippen molar-refractivity contribution in [2.45, 2.75) is 17.7 Å². The Balaban J connectivity index is 1.71. The van der Waals surface area contributed by atoms with Gasteiger partial charge in [-0.1, -0.05) is 11.6 Å². The maximum atomic E-state index is 12.8. The third-order valence-corrected chi connectivity index (χ3v) is 8.17. The van der Waals surface area contributed by atoms with Crippen LogP contribution in [0.3, 0.4) is 0 Å². The van der Waals surface area contributed by atoms with E-state index in [0.29, 0.717) is 15.2 Å². The molecule has 164 valence electrons. The summed E-state index contributed by atoms with van der Waals surface area (Å²) in [6.07, 6.45) is 0.0251. The third-order valence-electron chi connectivity index (χ3n) is 4.25. The number of benzene rings is 1. The van der Waals surface area contributed by atoms with Crippen LogP contribution in [0, 0.1) is 22.7 Å². The average Bonchev–Trinajstić information content (AvgIpc) is 3.42. The standard InChI is InChI=1S/C20H16ClN5O3S3/c21-18-8-7-17(31-18)16-13-30-20(24-16)25-19(27)14-3-5-15(6-4-14)32(28,29)26(11-1-9-22)12-2-10-23/h3-8,13H,1-2,11-12H2,(H,24,25,27). The number of halogens is 1. The Morgan fingerprint density at radius 2 is 1.75 bits per heavy atom. The van der Waals surface area contributed by atoms with Crippen molar-refractivity contribution in [3.05, 3.63) is 51.7 Å². The molecule has 12 heteroatoms. The SMILES string of the molecule is N#CCCN(CCC#N)S(=O)(=O)c1ccc(C(=O)Nc2nc(-c3ccc(Cl)s3)cs2)cc1. The number of rotatable bonds is 9. The molecule has 0 aliphatic rings. The van der Waals surface area contributed by atoms with Gasteiger partial charge in [-0.15, -0.1) is 22.7 Å². The van der Waals surface area contributed by atoms with Gasteiger partial charge < -0.3 is 0 Å². The summed E-state index contributed by atoms with van der Waals surface area (Å²) in [6, 6.07) is 12.9. The number of thiophene rings is 1. The third kappa shape index (κ3) is 5.71. The molecular formula is C20H16ClN5O3S3. The van der Waals surface area contributed by atoms with Crippen LogP contribution in [0.25, 0.3) is 10.6 Å². The minimum Gasteiger partial charge on any atom is -0.298 e. The topological polar surface area (TPSA) is 127 Å². The van der Waals surface area contributed by atoms with Crippen LogP contribution in [0.5, 0.6) is 0 Å². The lowest BCUT2D eigenvalue weighted by molar-refractivity contribution is 0.102. The summed E-state index contributed by atoms with van der Waals surface area (Å²) < 4.78 is 27.4. The average molecular weight is 506 g/mol. The number of thiazole rings is 1. The number of amides is 1. The Kier molecular flexibility index (Phi) is 7.96. The first-order valence-corrected chi connectivity index (χ1v) is 12.7. The molecule has 3 rings (SSSR count). The monoisotopic (exact) mass is 505 g/mol. The van der Waals surface area contributed by atoms with E-state index in [1.807, 2.05) is 23.6 Å². The van der Waals surface area contributed by atoms with Gasteiger partial charge in [0, 0.05) is 36.9 Å². The van der Waals surface area contributed by atoms with Gasteiger partial charge >= 0.3 is 0 Å². The first kappa shape index (κ1) is 23.9. The van der Waals surface area contributed by atoms with E-state index in [9.17, 15) is 13.2 Å². The van der Waals surface area contributed by atoms with Crippen LogP contribution >= 0.6 is 34.3 Å². The van der Waals surface area contributed by atoms with E-state index in [1.54, 1.807) is 6.07 Å². The zero-order valence-corrected chi connectivity index (χ0v) is 19.7. The molecule has 2 aromatic heterocycles. The molecule has 0 atom stereocenters. The molecule has 0 radical (unpaired) electrons. The Labute approximate surface area is 198 Å². The lowest BCUT2D eigenvalue weighted by atomic mass is 10.2. The number of carbonyl (C=O) groups is 1. The Morgan fingerprint density at radius 3 is 2.31 bits per heavy atom. The summed E-state index contributed by atoms with van der Waals surface area (Å²) in [7, 11) is -3.89. The van der Waals surface area contributed by atoms with Gasteiger partial charge in [0.15, 0.2) is 5.13 Å². The van der Waals surface area contributed by atoms with Gasteiger partial charge in [0.1, 0.15) is 0 Å². The van der Waals surface area contributed by atoms with Crippen molar-refractivity contribution >= 4 is 55.3 Å². The largest absolute Gasteiger partial charge is 0.298 e. The van der Waals surface area contributed by atoms with E-state index in [0.717, 1.165) is 9.18 Å². The number of carbonyl (C=O) groups excluding carboxylic acids is 1. The van der Waals surface area contributed by atoms with E-state index in [2.05, 4.69) is 10.3 Å². The summed E-state index contributed by atoms with van der Waals surface area (Å²) in [5, 5.41) is 22.5. The Bertz CT molecular complexity index is 1270. The van der Waals surface area contributed by atoms with Crippen molar-refractivity contribution in [3.8, 4) is 22.7 Å². The van der Waals surface area contributed by atoms with Crippen molar-refractivity contribution in [2.24, 2.45) is 0 Å². The zero-order valence-electron chi connectivity index (χ0n) is 16.5. The highest BCUT2D eigenvalue weighted by molar-refractivity contribution is 7.89. The molecule has 0 unspecified atom stereocenters. The first-order chi connectivity index (χ1) is 15.3. The number of hydrogen-bond donors (Lipinski definition) is 1. The van der Waals surface area contributed by atoms with E-state index >= 15 is 0 Å². The number of nitrogens with one attached hydrogen (secondary N) is 1. The van der Waals surface area contributed by atoms with Crippen molar-refractivity contribution in [1.29, 1.82) is 10.5 Å². The van der Waals surface area contributed by atoms with Crippen molar-refractivity contribution < 1.29 is 13.2 Å². The molecular weight excluding hydrogens is 490 g/mol.